The minimum Gasteiger partial charge on any atom is -0.497 e. The lowest BCUT2D eigenvalue weighted by Gasteiger charge is -2.30. The van der Waals surface area contributed by atoms with E-state index in [4.69, 9.17) is 9.47 Å². The molecule has 1 N–H and O–H groups in total. The van der Waals surface area contributed by atoms with Crippen molar-refractivity contribution in [3.63, 3.8) is 0 Å². The van der Waals surface area contributed by atoms with Gasteiger partial charge in [-0.3, -0.25) is 4.90 Å². The van der Waals surface area contributed by atoms with Crippen LogP contribution in [0.3, 0.4) is 0 Å². The molecule has 7 heteroatoms. The molecule has 3 rings (SSSR count). The van der Waals surface area contributed by atoms with Gasteiger partial charge < -0.3 is 14.6 Å². The summed E-state index contributed by atoms with van der Waals surface area (Å²) in [6.07, 6.45) is -0.137. The maximum absolute atomic E-state index is 12.0. The molecule has 2 aromatic rings. The van der Waals surface area contributed by atoms with Crippen LogP contribution in [0.15, 0.2) is 48.5 Å². The number of rotatable bonds is 9. The van der Waals surface area contributed by atoms with E-state index in [0.717, 1.165) is 16.9 Å². The van der Waals surface area contributed by atoms with Gasteiger partial charge in [-0.15, -0.1) is 0 Å². The van der Waals surface area contributed by atoms with Crippen molar-refractivity contribution in [2.75, 3.05) is 31.8 Å². The number of hydrogen-bond acceptors (Lipinski definition) is 6. The minimum atomic E-state index is -3.01. The SMILES string of the molecule is COc1ccc(CN(CC(O)COc2ccc(C)cc2)C2CCS(=O)(=O)C2)cc1. The Bertz CT molecular complexity index is 880. The Morgan fingerprint density at radius 3 is 2.34 bits per heavy atom. The fourth-order valence-electron chi connectivity index (χ4n) is 3.52. The molecule has 2 unspecified atom stereocenters. The van der Waals surface area contributed by atoms with E-state index in [2.05, 4.69) is 4.90 Å². The number of aliphatic hydroxyl groups excluding tert-OH is 1. The molecule has 1 saturated heterocycles. The van der Waals surface area contributed by atoms with Crippen LogP contribution in [0.2, 0.25) is 0 Å². The van der Waals surface area contributed by atoms with Crippen LogP contribution in [0, 0.1) is 6.92 Å². The highest BCUT2D eigenvalue weighted by molar-refractivity contribution is 7.91. The predicted octanol–water partition coefficient (Wildman–Crippen LogP) is 2.43. The van der Waals surface area contributed by atoms with Crippen molar-refractivity contribution in [1.29, 1.82) is 0 Å². The lowest BCUT2D eigenvalue weighted by Crippen LogP contribution is -2.42. The summed E-state index contributed by atoms with van der Waals surface area (Å²) in [4.78, 5) is 2.05. The normalized spacial score (nSPS) is 19.2. The highest BCUT2D eigenvalue weighted by Gasteiger charge is 2.33. The third-order valence-corrected chi connectivity index (χ3v) is 6.93. The molecule has 2 aromatic carbocycles. The van der Waals surface area contributed by atoms with Crippen molar-refractivity contribution in [2.45, 2.75) is 32.0 Å². The summed E-state index contributed by atoms with van der Waals surface area (Å²) in [5, 5.41) is 10.6. The molecule has 0 aliphatic carbocycles. The summed E-state index contributed by atoms with van der Waals surface area (Å²) in [6.45, 7) is 3.07. The number of aryl methyl sites for hydroxylation is 1. The van der Waals surface area contributed by atoms with Crippen LogP contribution in [0.4, 0.5) is 0 Å². The number of aliphatic hydroxyl groups is 1. The molecule has 6 nitrogen and oxygen atoms in total. The Labute approximate surface area is 173 Å². The Balaban J connectivity index is 1.64. The Hall–Kier alpha value is -2.09. The molecule has 1 fully saturated rings. The van der Waals surface area contributed by atoms with Crippen LogP contribution in [-0.2, 0) is 16.4 Å². The lowest BCUT2D eigenvalue weighted by molar-refractivity contribution is 0.0524. The zero-order chi connectivity index (χ0) is 20.9. The van der Waals surface area contributed by atoms with Gasteiger partial charge in [0, 0.05) is 19.1 Å². The zero-order valence-corrected chi connectivity index (χ0v) is 17.8. The molecule has 0 bridgehead atoms. The van der Waals surface area contributed by atoms with E-state index in [1.165, 1.54) is 0 Å². The van der Waals surface area contributed by atoms with E-state index in [9.17, 15) is 13.5 Å². The maximum Gasteiger partial charge on any atom is 0.151 e. The molecule has 29 heavy (non-hydrogen) atoms. The van der Waals surface area contributed by atoms with Crippen LogP contribution in [0.5, 0.6) is 11.5 Å². The fourth-order valence-corrected chi connectivity index (χ4v) is 5.28. The Morgan fingerprint density at radius 1 is 1.10 bits per heavy atom. The van der Waals surface area contributed by atoms with Gasteiger partial charge in [0.15, 0.2) is 9.84 Å². The van der Waals surface area contributed by atoms with Gasteiger partial charge in [0.05, 0.1) is 18.6 Å². The number of nitrogens with zero attached hydrogens (tertiary/aromatic N) is 1. The molecule has 0 saturated carbocycles. The van der Waals surface area contributed by atoms with Crippen molar-refractivity contribution >= 4 is 9.84 Å². The molecule has 0 aromatic heterocycles. The standard InChI is InChI=1S/C22H29NO5S/c1-17-3-7-22(8-4-17)28-15-20(24)14-23(19-11-12-29(25,26)16-19)13-18-5-9-21(27-2)10-6-18/h3-10,19-20,24H,11-16H2,1-2H3. The van der Waals surface area contributed by atoms with E-state index < -0.39 is 15.9 Å². The number of methoxy groups -OCH3 is 1. The summed E-state index contributed by atoms with van der Waals surface area (Å²) in [5.41, 5.74) is 2.19. The first-order chi connectivity index (χ1) is 13.8. The molecule has 158 valence electrons. The molecule has 1 heterocycles. The molecule has 1 aliphatic heterocycles. The summed E-state index contributed by atoms with van der Waals surface area (Å²) in [5.74, 6) is 1.82. The minimum absolute atomic E-state index is 0.101. The Kier molecular flexibility index (Phi) is 7.16. The number of ether oxygens (including phenoxy) is 2. The average Bonchev–Trinajstić information content (AvgIpc) is 3.07. The quantitative estimate of drug-likeness (QED) is 0.673. The van der Waals surface area contributed by atoms with Crippen molar-refractivity contribution in [1.82, 2.24) is 4.90 Å². The molecule has 0 spiro atoms. The highest BCUT2D eigenvalue weighted by Crippen LogP contribution is 2.22. The average molecular weight is 420 g/mol. The van der Waals surface area contributed by atoms with Crippen molar-refractivity contribution in [2.24, 2.45) is 0 Å². The van der Waals surface area contributed by atoms with E-state index >= 15 is 0 Å². The van der Waals surface area contributed by atoms with Crippen LogP contribution >= 0.6 is 0 Å². The number of hydrogen-bond donors (Lipinski definition) is 1. The lowest BCUT2D eigenvalue weighted by atomic mass is 10.1. The summed E-state index contributed by atoms with van der Waals surface area (Å²) in [6, 6.07) is 15.3. The third-order valence-electron chi connectivity index (χ3n) is 5.18. The molecule has 1 aliphatic rings. The van der Waals surface area contributed by atoms with E-state index in [0.29, 0.717) is 25.3 Å². The molecular formula is C22H29NO5S. The fraction of sp³-hybridized carbons (Fsp3) is 0.455. The predicted molar refractivity (Wildman–Crippen MR) is 113 cm³/mol. The van der Waals surface area contributed by atoms with Crippen molar-refractivity contribution < 1.29 is 23.0 Å². The molecule has 0 radical (unpaired) electrons. The van der Waals surface area contributed by atoms with E-state index in [1.54, 1.807) is 7.11 Å². The number of sulfone groups is 1. The molecule has 2 atom stereocenters. The van der Waals surface area contributed by atoms with Gasteiger partial charge in [0.25, 0.3) is 0 Å². The molecular weight excluding hydrogens is 390 g/mol. The van der Waals surface area contributed by atoms with E-state index in [1.807, 2.05) is 55.5 Å². The zero-order valence-electron chi connectivity index (χ0n) is 17.0. The van der Waals surface area contributed by atoms with E-state index in [-0.39, 0.29) is 24.2 Å². The van der Waals surface area contributed by atoms with Gasteiger partial charge in [-0.05, 0) is 43.2 Å². The van der Waals surface area contributed by atoms with Gasteiger partial charge in [0.1, 0.15) is 24.2 Å². The van der Waals surface area contributed by atoms with Gasteiger partial charge in [-0.2, -0.15) is 0 Å². The first-order valence-electron chi connectivity index (χ1n) is 9.79. The highest BCUT2D eigenvalue weighted by atomic mass is 32.2. The summed E-state index contributed by atoms with van der Waals surface area (Å²) < 4.78 is 34.8. The van der Waals surface area contributed by atoms with Crippen LogP contribution in [-0.4, -0.2) is 62.3 Å². The first kappa shape index (κ1) is 21.6. The van der Waals surface area contributed by atoms with Crippen LogP contribution in [0.25, 0.3) is 0 Å². The molecule has 0 amide bonds. The summed E-state index contributed by atoms with van der Waals surface area (Å²) in [7, 11) is -1.39. The van der Waals surface area contributed by atoms with Crippen LogP contribution < -0.4 is 9.47 Å². The second-order valence-corrected chi connectivity index (χ2v) is 9.84. The second-order valence-electron chi connectivity index (χ2n) is 7.61. The van der Waals surface area contributed by atoms with Gasteiger partial charge in [-0.1, -0.05) is 29.8 Å². The summed E-state index contributed by atoms with van der Waals surface area (Å²) >= 11 is 0. The Morgan fingerprint density at radius 2 is 1.76 bits per heavy atom. The van der Waals surface area contributed by atoms with Gasteiger partial charge >= 0.3 is 0 Å². The number of benzene rings is 2. The first-order valence-corrected chi connectivity index (χ1v) is 11.6. The van der Waals surface area contributed by atoms with Crippen molar-refractivity contribution in [3.05, 3.63) is 59.7 Å². The van der Waals surface area contributed by atoms with Crippen molar-refractivity contribution in [3.8, 4) is 11.5 Å². The monoisotopic (exact) mass is 419 g/mol. The maximum atomic E-state index is 12.0. The van der Waals surface area contributed by atoms with Gasteiger partial charge in [0.2, 0.25) is 0 Å². The second kappa shape index (κ2) is 9.61. The van der Waals surface area contributed by atoms with Crippen LogP contribution in [0.1, 0.15) is 17.5 Å². The smallest absolute Gasteiger partial charge is 0.151 e. The third kappa shape index (κ3) is 6.45. The van der Waals surface area contributed by atoms with Gasteiger partial charge in [-0.25, -0.2) is 8.42 Å². The topological polar surface area (TPSA) is 76.1 Å². The largest absolute Gasteiger partial charge is 0.497 e.